The Balaban J connectivity index is 2.41. The molecule has 0 atom stereocenters. The van der Waals surface area contributed by atoms with Gasteiger partial charge in [-0.2, -0.15) is 11.8 Å². The third-order valence-corrected chi connectivity index (χ3v) is 2.99. The summed E-state index contributed by atoms with van der Waals surface area (Å²) in [4.78, 5) is 0. The summed E-state index contributed by atoms with van der Waals surface area (Å²) < 4.78 is 5.27. The fourth-order valence-electron chi connectivity index (χ4n) is 1.28. The topological polar surface area (TPSA) is 35.2 Å². The number of aryl methyl sites for hydroxylation is 1. The lowest BCUT2D eigenvalue weighted by Gasteiger charge is -2.07. The van der Waals surface area contributed by atoms with Gasteiger partial charge >= 0.3 is 0 Å². The second-order valence-electron chi connectivity index (χ2n) is 2.96. The van der Waals surface area contributed by atoms with Crippen molar-refractivity contribution in [2.24, 2.45) is 5.73 Å². The predicted molar refractivity (Wildman–Crippen MR) is 63.1 cm³/mol. The Hall–Kier alpha value is -0.670. The van der Waals surface area contributed by atoms with Crippen molar-refractivity contribution in [1.82, 2.24) is 0 Å². The lowest BCUT2D eigenvalue weighted by atomic mass is 10.1. The standard InChI is InChI=1S/C11H17NOS/c1-13-11-5-3-2-4-10(11)6-8-14-9-7-12/h2-5H,6-9,12H2,1H3. The number of ether oxygens (including phenoxy) is 1. The summed E-state index contributed by atoms with van der Waals surface area (Å²) in [6.45, 7) is 0.761. The molecule has 0 aliphatic rings. The van der Waals surface area contributed by atoms with Crippen LogP contribution in [0.15, 0.2) is 24.3 Å². The average Bonchev–Trinajstić information content (AvgIpc) is 2.25. The average molecular weight is 211 g/mol. The van der Waals surface area contributed by atoms with Gasteiger partial charge in [0.2, 0.25) is 0 Å². The van der Waals surface area contributed by atoms with Crippen LogP contribution in [0.25, 0.3) is 0 Å². The zero-order valence-electron chi connectivity index (χ0n) is 8.53. The fraction of sp³-hybridized carbons (Fsp3) is 0.455. The molecule has 1 aromatic rings. The summed E-state index contributed by atoms with van der Waals surface area (Å²) in [5, 5.41) is 0. The van der Waals surface area contributed by atoms with Gasteiger partial charge in [-0.3, -0.25) is 0 Å². The van der Waals surface area contributed by atoms with Crippen molar-refractivity contribution in [3.63, 3.8) is 0 Å². The molecule has 1 rings (SSSR count). The number of rotatable bonds is 6. The summed E-state index contributed by atoms with van der Waals surface area (Å²) in [5.74, 6) is 3.13. The molecule has 0 unspecified atom stereocenters. The number of hydrogen-bond acceptors (Lipinski definition) is 3. The second-order valence-corrected chi connectivity index (χ2v) is 4.19. The Morgan fingerprint density at radius 3 is 2.79 bits per heavy atom. The highest BCUT2D eigenvalue weighted by Crippen LogP contribution is 2.19. The minimum atomic E-state index is 0.761. The van der Waals surface area contributed by atoms with Crippen LogP contribution in [0.1, 0.15) is 5.56 Å². The van der Waals surface area contributed by atoms with E-state index in [1.54, 1.807) is 7.11 Å². The van der Waals surface area contributed by atoms with Gasteiger partial charge in [0.1, 0.15) is 5.75 Å². The molecule has 0 aliphatic carbocycles. The molecule has 3 heteroatoms. The van der Waals surface area contributed by atoms with Gasteiger partial charge in [-0.05, 0) is 23.8 Å². The minimum Gasteiger partial charge on any atom is -0.496 e. The molecule has 78 valence electrons. The van der Waals surface area contributed by atoms with Crippen molar-refractivity contribution in [2.75, 3.05) is 25.2 Å². The maximum atomic E-state index is 5.42. The lowest BCUT2D eigenvalue weighted by Crippen LogP contribution is -2.02. The summed E-state index contributed by atoms with van der Waals surface area (Å²) >= 11 is 1.89. The van der Waals surface area contributed by atoms with Gasteiger partial charge in [-0.15, -0.1) is 0 Å². The van der Waals surface area contributed by atoms with Crippen molar-refractivity contribution < 1.29 is 4.74 Å². The Kier molecular flexibility index (Phi) is 5.49. The number of para-hydroxylation sites is 1. The van der Waals surface area contributed by atoms with E-state index >= 15 is 0 Å². The molecule has 0 aliphatic heterocycles. The molecule has 0 saturated heterocycles. The smallest absolute Gasteiger partial charge is 0.122 e. The van der Waals surface area contributed by atoms with Gasteiger partial charge in [-0.1, -0.05) is 18.2 Å². The maximum Gasteiger partial charge on any atom is 0.122 e. The molecule has 0 saturated carbocycles. The molecular weight excluding hydrogens is 194 g/mol. The quantitative estimate of drug-likeness (QED) is 0.730. The third-order valence-electron chi connectivity index (χ3n) is 1.97. The molecule has 0 amide bonds. The van der Waals surface area contributed by atoms with Crippen molar-refractivity contribution in [3.05, 3.63) is 29.8 Å². The van der Waals surface area contributed by atoms with E-state index in [4.69, 9.17) is 10.5 Å². The van der Waals surface area contributed by atoms with Crippen LogP contribution in [-0.4, -0.2) is 25.2 Å². The molecule has 0 aromatic heterocycles. The Morgan fingerprint density at radius 2 is 2.07 bits per heavy atom. The number of benzene rings is 1. The van der Waals surface area contributed by atoms with Gasteiger partial charge < -0.3 is 10.5 Å². The first kappa shape index (κ1) is 11.4. The molecule has 0 fully saturated rings. The SMILES string of the molecule is COc1ccccc1CCSCCN. The predicted octanol–water partition coefficient (Wildman–Crippen LogP) is 1.93. The van der Waals surface area contributed by atoms with Crippen LogP contribution in [0, 0.1) is 0 Å². The molecule has 0 heterocycles. The summed E-state index contributed by atoms with van der Waals surface area (Å²) in [6.07, 6.45) is 1.05. The van der Waals surface area contributed by atoms with Crippen LogP contribution in [0.3, 0.4) is 0 Å². The van der Waals surface area contributed by atoms with E-state index in [1.165, 1.54) is 5.56 Å². The molecule has 0 bridgehead atoms. The van der Waals surface area contributed by atoms with Gasteiger partial charge in [0.05, 0.1) is 7.11 Å². The molecule has 0 radical (unpaired) electrons. The Bertz CT molecular complexity index is 265. The zero-order valence-corrected chi connectivity index (χ0v) is 9.35. The molecule has 14 heavy (non-hydrogen) atoms. The zero-order chi connectivity index (χ0) is 10.2. The van der Waals surface area contributed by atoms with Crippen LogP contribution in [0.4, 0.5) is 0 Å². The van der Waals surface area contributed by atoms with E-state index in [2.05, 4.69) is 6.07 Å². The van der Waals surface area contributed by atoms with Crippen LogP contribution in [-0.2, 0) is 6.42 Å². The van der Waals surface area contributed by atoms with Gasteiger partial charge in [0, 0.05) is 12.3 Å². The summed E-state index contributed by atoms with van der Waals surface area (Å²) in [5.41, 5.74) is 6.70. The molecule has 1 aromatic carbocycles. The van der Waals surface area contributed by atoms with Crippen LogP contribution in [0.2, 0.25) is 0 Å². The van der Waals surface area contributed by atoms with E-state index in [-0.39, 0.29) is 0 Å². The highest BCUT2D eigenvalue weighted by molar-refractivity contribution is 7.99. The molecular formula is C11H17NOS. The largest absolute Gasteiger partial charge is 0.496 e. The first-order valence-corrected chi connectivity index (χ1v) is 5.93. The molecule has 2 N–H and O–H groups in total. The number of hydrogen-bond donors (Lipinski definition) is 1. The van der Waals surface area contributed by atoms with Crippen molar-refractivity contribution in [1.29, 1.82) is 0 Å². The minimum absolute atomic E-state index is 0.761. The lowest BCUT2D eigenvalue weighted by molar-refractivity contribution is 0.410. The third kappa shape index (κ3) is 3.60. The van der Waals surface area contributed by atoms with Crippen molar-refractivity contribution in [3.8, 4) is 5.75 Å². The summed E-state index contributed by atoms with van der Waals surface area (Å²) in [7, 11) is 1.71. The highest BCUT2D eigenvalue weighted by atomic mass is 32.2. The van der Waals surface area contributed by atoms with E-state index in [0.29, 0.717) is 0 Å². The monoisotopic (exact) mass is 211 g/mol. The Morgan fingerprint density at radius 1 is 1.29 bits per heavy atom. The van der Waals surface area contributed by atoms with Crippen LogP contribution in [0.5, 0.6) is 5.75 Å². The fourth-order valence-corrected chi connectivity index (χ4v) is 2.01. The molecule has 0 spiro atoms. The van der Waals surface area contributed by atoms with E-state index in [1.807, 2.05) is 30.0 Å². The van der Waals surface area contributed by atoms with Gasteiger partial charge in [-0.25, -0.2) is 0 Å². The normalized spacial score (nSPS) is 10.1. The van der Waals surface area contributed by atoms with Crippen molar-refractivity contribution in [2.45, 2.75) is 6.42 Å². The number of thioether (sulfide) groups is 1. The van der Waals surface area contributed by atoms with Crippen LogP contribution >= 0.6 is 11.8 Å². The van der Waals surface area contributed by atoms with Crippen LogP contribution < -0.4 is 10.5 Å². The summed E-state index contributed by atoms with van der Waals surface area (Å²) in [6, 6.07) is 8.16. The number of nitrogens with two attached hydrogens (primary N) is 1. The molecule has 2 nitrogen and oxygen atoms in total. The highest BCUT2D eigenvalue weighted by Gasteiger charge is 2.00. The first-order chi connectivity index (χ1) is 6.88. The van der Waals surface area contributed by atoms with Gasteiger partial charge in [0.25, 0.3) is 0 Å². The van der Waals surface area contributed by atoms with E-state index in [9.17, 15) is 0 Å². The Labute approximate surface area is 89.8 Å². The number of methoxy groups -OCH3 is 1. The van der Waals surface area contributed by atoms with E-state index < -0.39 is 0 Å². The van der Waals surface area contributed by atoms with E-state index in [0.717, 1.165) is 30.2 Å². The second kappa shape index (κ2) is 6.74. The van der Waals surface area contributed by atoms with Gasteiger partial charge in [0.15, 0.2) is 0 Å². The maximum absolute atomic E-state index is 5.42. The van der Waals surface area contributed by atoms with Crippen molar-refractivity contribution >= 4 is 11.8 Å². The first-order valence-electron chi connectivity index (χ1n) is 4.78.